The van der Waals surface area contributed by atoms with E-state index in [1.165, 1.54) is 0 Å². The molecule has 0 aliphatic carbocycles. The average Bonchev–Trinajstić information content (AvgIpc) is 3.13. The smallest absolute Gasteiger partial charge is 0.229 e. The van der Waals surface area contributed by atoms with Crippen molar-refractivity contribution in [3.05, 3.63) is 62.6 Å². The van der Waals surface area contributed by atoms with Crippen LogP contribution in [-0.2, 0) is 17.9 Å². The average molecular weight is 495 g/mol. The lowest BCUT2D eigenvalue weighted by molar-refractivity contribution is -0.119. The zero-order chi connectivity index (χ0) is 19.6. The van der Waals surface area contributed by atoms with Crippen molar-refractivity contribution in [1.82, 2.24) is 19.6 Å². The van der Waals surface area contributed by atoms with Gasteiger partial charge in [-0.05, 0) is 63.4 Å². The topological polar surface area (TPSA) is 64.7 Å². The molecule has 27 heavy (non-hydrogen) atoms. The van der Waals surface area contributed by atoms with E-state index >= 15 is 0 Å². The summed E-state index contributed by atoms with van der Waals surface area (Å²) < 4.78 is 5.65. The Bertz CT molecular complexity index is 963. The first-order chi connectivity index (χ1) is 12.8. The minimum absolute atomic E-state index is 0.0299. The molecule has 3 aromatic rings. The summed E-state index contributed by atoms with van der Waals surface area (Å²) in [4.78, 5) is 12.6. The second-order valence-electron chi connectivity index (χ2n) is 6.61. The van der Waals surface area contributed by atoms with Crippen molar-refractivity contribution in [2.45, 2.75) is 33.9 Å². The van der Waals surface area contributed by atoms with Crippen molar-refractivity contribution in [3.63, 3.8) is 0 Å². The molecule has 8 heteroatoms. The summed E-state index contributed by atoms with van der Waals surface area (Å²) >= 11 is 6.92. The monoisotopic (exact) mass is 493 g/mol. The van der Waals surface area contributed by atoms with Crippen molar-refractivity contribution in [2.24, 2.45) is 5.92 Å². The third-order valence-corrected chi connectivity index (χ3v) is 5.89. The normalized spacial score (nSPS) is 12.2. The van der Waals surface area contributed by atoms with Crippen molar-refractivity contribution in [3.8, 4) is 0 Å². The van der Waals surface area contributed by atoms with Gasteiger partial charge >= 0.3 is 0 Å². The zero-order valence-electron chi connectivity index (χ0n) is 15.4. The maximum atomic E-state index is 12.6. The van der Waals surface area contributed by atoms with Crippen LogP contribution in [0.5, 0.6) is 0 Å². The molecule has 142 valence electrons. The Balaban J connectivity index is 1.64. The number of benzene rings is 1. The summed E-state index contributed by atoms with van der Waals surface area (Å²) in [6.07, 6.45) is 3.67. The van der Waals surface area contributed by atoms with Gasteiger partial charge in [-0.15, -0.1) is 0 Å². The van der Waals surface area contributed by atoms with Crippen LogP contribution in [-0.4, -0.2) is 25.5 Å². The largest absolute Gasteiger partial charge is 0.326 e. The summed E-state index contributed by atoms with van der Waals surface area (Å²) in [6, 6.07) is 7.82. The van der Waals surface area contributed by atoms with Crippen molar-refractivity contribution < 1.29 is 4.79 Å². The van der Waals surface area contributed by atoms with Gasteiger partial charge < -0.3 is 5.32 Å². The third kappa shape index (κ3) is 4.87. The summed E-state index contributed by atoms with van der Waals surface area (Å²) in [5.74, 6) is -0.238. The van der Waals surface area contributed by atoms with Crippen molar-refractivity contribution >= 4 is 43.5 Å². The number of hydrogen-bond donors (Lipinski definition) is 1. The highest BCUT2D eigenvalue weighted by atomic mass is 79.9. The lowest BCUT2D eigenvalue weighted by Crippen LogP contribution is -2.25. The molecule has 0 aliphatic rings. The van der Waals surface area contributed by atoms with E-state index in [0.717, 1.165) is 31.6 Å². The van der Waals surface area contributed by atoms with Gasteiger partial charge in [-0.25, -0.2) is 0 Å². The molecule has 1 unspecified atom stereocenters. The second-order valence-corrected chi connectivity index (χ2v) is 8.32. The molecule has 1 aromatic carbocycles. The van der Waals surface area contributed by atoms with Gasteiger partial charge in [-0.2, -0.15) is 10.2 Å². The fourth-order valence-corrected chi connectivity index (χ4v) is 3.43. The molecule has 6 nitrogen and oxygen atoms in total. The Morgan fingerprint density at radius 3 is 2.70 bits per heavy atom. The molecule has 1 N–H and O–H groups in total. The van der Waals surface area contributed by atoms with Gasteiger partial charge in [-0.1, -0.05) is 19.1 Å². The van der Waals surface area contributed by atoms with Gasteiger partial charge in [0.1, 0.15) is 0 Å². The molecule has 0 aliphatic heterocycles. The van der Waals surface area contributed by atoms with E-state index in [1.807, 2.05) is 60.6 Å². The van der Waals surface area contributed by atoms with E-state index in [0.29, 0.717) is 13.1 Å². The number of aromatic nitrogens is 4. The molecular weight excluding hydrogens is 474 g/mol. The highest BCUT2D eigenvalue weighted by molar-refractivity contribution is 9.10. The number of halogens is 2. The van der Waals surface area contributed by atoms with E-state index in [4.69, 9.17) is 0 Å². The second kappa shape index (κ2) is 8.39. The maximum Gasteiger partial charge on any atom is 0.229 e. The standard InChI is InChI=1S/C19H21Br2N5O/c1-12(9-26-14(3)18(21)13(2)24-26)19(27)23-17-6-4-5-15(7-17)10-25-11-16(20)8-22-25/h4-8,11-12H,9-10H2,1-3H3,(H,23,27). The number of rotatable bonds is 6. The van der Waals surface area contributed by atoms with Gasteiger partial charge in [0.25, 0.3) is 0 Å². The van der Waals surface area contributed by atoms with Crippen LogP contribution in [0.25, 0.3) is 0 Å². The Kier molecular flexibility index (Phi) is 6.16. The van der Waals surface area contributed by atoms with Crippen LogP contribution in [0.4, 0.5) is 5.69 Å². The molecule has 0 saturated heterocycles. The Labute approximate surface area is 175 Å². The molecule has 3 rings (SSSR count). The van der Waals surface area contributed by atoms with E-state index < -0.39 is 0 Å². The molecular formula is C19H21Br2N5O. The molecule has 2 aromatic heterocycles. The van der Waals surface area contributed by atoms with Crippen LogP contribution < -0.4 is 5.32 Å². The first-order valence-electron chi connectivity index (χ1n) is 8.60. The number of carbonyl (C=O) groups excluding carboxylic acids is 1. The minimum atomic E-state index is -0.208. The highest BCUT2D eigenvalue weighted by Gasteiger charge is 2.17. The van der Waals surface area contributed by atoms with Crippen LogP contribution in [0, 0.1) is 19.8 Å². The summed E-state index contributed by atoms with van der Waals surface area (Å²) in [5, 5.41) is 11.7. The molecule has 1 amide bonds. The van der Waals surface area contributed by atoms with E-state index in [2.05, 4.69) is 47.4 Å². The van der Waals surface area contributed by atoms with E-state index in [9.17, 15) is 4.79 Å². The first-order valence-corrected chi connectivity index (χ1v) is 10.2. The predicted octanol–water partition coefficient (Wildman–Crippen LogP) is 4.54. The Morgan fingerprint density at radius 2 is 2.07 bits per heavy atom. The first kappa shape index (κ1) is 19.8. The Morgan fingerprint density at radius 1 is 1.30 bits per heavy atom. The number of aryl methyl sites for hydroxylation is 1. The van der Waals surface area contributed by atoms with Crippen LogP contribution in [0.2, 0.25) is 0 Å². The van der Waals surface area contributed by atoms with Crippen molar-refractivity contribution in [2.75, 3.05) is 5.32 Å². The fraction of sp³-hybridized carbons (Fsp3) is 0.316. The lowest BCUT2D eigenvalue weighted by Gasteiger charge is -2.14. The van der Waals surface area contributed by atoms with Crippen LogP contribution >= 0.6 is 31.9 Å². The fourth-order valence-electron chi connectivity index (χ4n) is 2.82. The predicted molar refractivity (Wildman–Crippen MR) is 113 cm³/mol. The summed E-state index contributed by atoms with van der Waals surface area (Å²) in [7, 11) is 0. The maximum absolute atomic E-state index is 12.6. The van der Waals surface area contributed by atoms with Gasteiger partial charge in [0.05, 0.1) is 39.8 Å². The number of nitrogens with one attached hydrogen (secondary N) is 1. The Hall–Kier alpha value is -1.93. The zero-order valence-corrected chi connectivity index (χ0v) is 18.6. The van der Waals surface area contributed by atoms with Crippen molar-refractivity contribution in [1.29, 1.82) is 0 Å². The summed E-state index contributed by atoms with van der Waals surface area (Å²) in [6.45, 7) is 7.02. The lowest BCUT2D eigenvalue weighted by atomic mass is 10.1. The molecule has 0 saturated carbocycles. The SMILES string of the molecule is Cc1nn(CC(C)C(=O)Nc2cccc(Cn3cc(Br)cn3)c2)c(C)c1Br. The number of anilines is 1. The van der Waals surface area contributed by atoms with Gasteiger partial charge in [0.15, 0.2) is 0 Å². The molecule has 1 atom stereocenters. The third-order valence-electron chi connectivity index (χ3n) is 4.33. The van der Waals surface area contributed by atoms with Crippen LogP contribution in [0.3, 0.4) is 0 Å². The molecule has 2 heterocycles. The number of nitrogens with zero attached hydrogens (tertiary/aromatic N) is 4. The number of carbonyl (C=O) groups is 1. The van der Waals surface area contributed by atoms with Gasteiger partial charge in [0.2, 0.25) is 5.91 Å². The van der Waals surface area contributed by atoms with E-state index in [1.54, 1.807) is 6.20 Å². The molecule has 0 bridgehead atoms. The number of hydrogen-bond acceptors (Lipinski definition) is 3. The van der Waals surface area contributed by atoms with E-state index in [-0.39, 0.29) is 11.8 Å². The molecule has 0 radical (unpaired) electrons. The summed E-state index contributed by atoms with van der Waals surface area (Å²) in [5.41, 5.74) is 3.81. The number of amides is 1. The van der Waals surface area contributed by atoms with Gasteiger partial charge in [0, 0.05) is 17.6 Å². The van der Waals surface area contributed by atoms with Crippen LogP contribution in [0.1, 0.15) is 23.9 Å². The molecule has 0 fully saturated rings. The molecule has 0 spiro atoms. The van der Waals surface area contributed by atoms with Gasteiger partial charge in [-0.3, -0.25) is 14.2 Å². The van der Waals surface area contributed by atoms with Crippen LogP contribution in [0.15, 0.2) is 45.6 Å². The highest BCUT2D eigenvalue weighted by Crippen LogP contribution is 2.21. The quantitative estimate of drug-likeness (QED) is 0.546. The minimum Gasteiger partial charge on any atom is -0.326 e.